The molecule has 34 heavy (non-hydrogen) atoms. The number of anilines is 1. The Morgan fingerprint density at radius 3 is 2.38 bits per heavy atom. The molecule has 6 nitrogen and oxygen atoms in total. The summed E-state index contributed by atoms with van der Waals surface area (Å²) < 4.78 is 17.8. The van der Waals surface area contributed by atoms with Crippen molar-refractivity contribution in [1.82, 2.24) is 4.98 Å². The summed E-state index contributed by atoms with van der Waals surface area (Å²) in [6, 6.07) is 21.5. The van der Waals surface area contributed by atoms with Crippen LogP contribution in [0.25, 0.3) is 21.3 Å². The summed E-state index contributed by atoms with van der Waals surface area (Å²) in [5.74, 6) is 1.25. The molecule has 1 saturated heterocycles. The van der Waals surface area contributed by atoms with Gasteiger partial charge in [-0.3, -0.25) is 9.69 Å². The highest BCUT2D eigenvalue weighted by Gasteiger charge is 2.28. The van der Waals surface area contributed by atoms with Gasteiger partial charge in [-0.25, -0.2) is 4.98 Å². The van der Waals surface area contributed by atoms with E-state index in [0.717, 1.165) is 35.3 Å². The van der Waals surface area contributed by atoms with E-state index in [1.807, 2.05) is 54.6 Å². The number of ether oxygens (including phenoxy) is 3. The van der Waals surface area contributed by atoms with E-state index in [0.29, 0.717) is 34.3 Å². The molecule has 1 aliphatic rings. The number of amides is 1. The van der Waals surface area contributed by atoms with E-state index in [1.54, 1.807) is 19.1 Å². The first kappa shape index (κ1) is 22.4. The molecule has 2 heterocycles. The summed E-state index contributed by atoms with van der Waals surface area (Å²) in [4.78, 5) is 20.3. The zero-order valence-electron chi connectivity index (χ0n) is 19.2. The minimum absolute atomic E-state index is 0.0108. The van der Waals surface area contributed by atoms with Crippen LogP contribution in [-0.2, 0) is 4.74 Å². The third-order valence-electron chi connectivity index (χ3n) is 6.02. The SMILES string of the molecule is COc1ccc(OC)c2sc(N(CC3CCCO3)C(=O)c3ccc(-c4ccccc4)cc3)nc12. The molecule has 0 spiro atoms. The van der Waals surface area contributed by atoms with E-state index in [4.69, 9.17) is 19.2 Å². The van der Waals surface area contributed by atoms with E-state index < -0.39 is 0 Å². The lowest BCUT2D eigenvalue weighted by Gasteiger charge is -2.23. The number of thiazole rings is 1. The van der Waals surface area contributed by atoms with Crippen molar-refractivity contribution < 1.29 is 19.0 Å². The standard InChI is InChI=1S/C27H26N2O4S/c1-31-22-14-15-23(32-2)25-24(22)28-27(34-25)29(17-21-9-6-16-33-21)26(30)20-12-10-19(11-13-20)18-7-4-3-5-8-18/h3-5,7-8,10-15,21H,6,9,16-17H2,1-2H3. The van der Waals surface area contributed by atoms with Gasteiger partial charge in [-0.1, -0.05) is 53.8 Å². The Labute approximate surface area is 202 Å². The van der Waals surface area contributed by atoms with Crippen LogP contribution in [-0.4, -0.2) is 44.4 Å². The lowest BCUT2D eigenvalue weighted by Crippen LogP contribution is -2.37. The van der Waals surface area contributed by atoms with Gasteiger partial charge in [-0.05, 0) is 48.2 Å². The molecule has 1 amide bonds. The minimum atomic E-state index is -0.105. The maximum absolute atomic E-state index is 13.7. The van der Waals surface area contributed by atoms with Gasteiger partial charge in [0.05, 0.1) is 26.9 Å². The fourth-order valence-corrected chi connectivity index (χ4v) is 5.30. The number of carbonyl (C=O) groups is 1. The summed E-state index contributed by atoms with van der Waals surface area (Å²) in [6.45, 7) is 1.17. The molecular formula is C27H26N2O4S. The van der Waals surface area contributed by atoms with Crippen LogP contribution in [0.15, 0.2) is 66.7 Å². The molecule has 1 aromatic heterocycles. The molecule has 1 fully saturated rings. The topological polar surface area (TPSA) is 60.9 Å². The first-order valence-electron chi connectivity index (χ1n) is 11.3. The van der Waals surface area contributed by atoms with Crippen molar-refractivity contribution in [2.45, 2.75) is 18.9 Å². The predicted molar refractivity (Wildman–Crippen MR) is 135 cm³/mol. The third-order valence-corrected chi connectivity index (χ3v) is 7.12. The van der Waals surface area contributed by atoms with Gasteiger partial charge in [0, 0.05) is 12.2 Å². The Morgan fingerprint density at radius 1 is 1.00 bits per heavy atom. The van der Waals surface area contributed by atoms with Crippen molar-refractivity contribution in [2.24, 2.45) is 0 Å². The number of hydrogen-bond acceptors (Lipinski definition) is 6. The number of hydrogen-bond donors (Lipinski definition) is 0. The van der Waals surface area contributed by atoms with Gasteiger partial charge in [-0.15, -0.1) is 0 Å². The Morgan fingerprint density at radius 2 is 1.71 bits per heavy atom. The van der Waals surface area contributed by atoms with Crippen molar-refractivity contribution in [3.8, 4) is 22.6 Å². The number of methoxy groups -OCH3 is 2. The van der Waals surface area contributed by atoms with Crippen molar-refractivity contribution in [1.29, 1.82) is 0 Å². The predicted octanol–water partition coefficient (Wildman–Crippen LogP) is 5.81. The summed E-state index contributed by atoms with van der Waals surface area (Å²) in [5.41, 5.74) is 3.47. The first-order valence-corrected chi connectivity index (χ1v) is 12.1. The molecule has 0 N–H and O–H groups in total. The van der Waals surface area contributed by atoms with E-state index >= 15 is 0 Å². The average Bonchev–Trinajstić information content (AvgIpc) is 3.57. The van der Waals surface area contributed by atoms with Gasteiger partial charge in [0.1, 0.15) is 21.7 Å². The van der Waals surface area contributed by atoms with Crippen LogP contribution >= 0.6 is 11.3 Å². The highest BCUT2D eigenvalue weighted by Crippen LogP contribution is 2.40. The van der Waals surface area contributed by atoms with Crippen LogP contribution in [0.3, 0.4) is 0 Å². The van der Waals surface area contributed by atoms with Crippen LogP contribution < -0.4 is 14.4 Å². The second-order valence-corrected chi connectivity index (χ2v) is 9.12. The summed E-state index contributed by atoms with van der Waals surface area (Å²) in [7, 11) is 3.24. The van der Waals surface area contributed by atoms with Crippen molar-refractivity contribution >= 4 is 32.6 Å². The molecule has 4 aromatic rings. The van der Waals surface area contributed by atoms with Gasteiger partial charge in [-0.2, -0.15) is 0 Å². The number of benzene rings is 3. The van der Waals surface area contributed by atoms with Crippen LogP contribution in [0, 0.1) is 0 Å². The summed E-state index contributed by atoms with van der Waals surface area (Å²) in [6.07, 6.45) is 1.91. The second-order valence-electron chi connectivity index (χ2n) is 8.14. The number of rotatable bonds is 7. The smallest absolute Gasteiger partial charge is 0.260 e. The zero-order valence-corrected chi connectivity index (χ0v) is 20.0. The van der Waals surface area contributed by atoms with Crippen LogP contribution in [0.1, 0.15) is 23.2 Å². The summed E-state index contributed by atoms with van der Waals surface area (Å²) >= 11 is 1.43. The minimum Gasteiger partial charge on any atom is -0.495 e. The Bertz CT molecular complexity index is 1240. The quantitative estimate of drug-likeness (QED) is 0.338. The molecule has 1 unspecified atom stereocenters. The fourth-order valence-electron chi connectivity index (χ4n) is 4.22. The molecule has 1 atom stereocenters. The Hall–Kier alpha value is -3.42. The normalized spacial score (nSPS) is 15.4. The molecule has 7 heteroatoms. The van der Waals surface area contributed by atoms with Crippen molar-refractivity contribution in [3.63, 3.8) is 0 Å². The molecule has 5 rings (SSSR count). The van der Waals surface area contributed by atoms with Crippen molar-refractivity contribution in [3.05, 3.63) is 72.3 Å². The number of fused-ring (bicyclic) bond motifs is 1. The highest BCUT2D eigenvalue weighted by molar-refractivity contribution is 7.22. The second kappa shape index (κ2) is 9.83. The lowest BCUT2D eigenvalue weighted by molar-refractivity contribution is 0.0917. The van der Waals surface area contributed by atoms with Gasteiger partial charge in [0.2, 0.25) is 0 Å². The first-order chi connectivity index (χ1) is 16.7. The van der Waals surface area contributed by atoms with E-state index in [1.165, 1.54) is 11.3 Å². The molecule has 0 aliphatic carbocycles. The maximum Gasteiger partial charge on any atom is 0.260 e. The molecule has 0 bridgehead atoms. The van der Waals surface area contributed by atoms with Gasteiger partial charge < -0.3 is 14.2 Å². The maximum atomic E-state index is 13.7. The molecule has 174 valence electrons. The van der Waals surface area contributed by atoms with Crippen LogP contribution in [0.4, 0.5) is 5.13 Å². The van der Waals surface area contributed by atoms with E-state index in [9.17, 15) is 4.79 Å². The fraction of sp³-hybridized carbons (Fsp3) is 0.259. The Kier molecular flexibility index (Phi) is 6.47. The van der Waals surface area contributed by atoms with Gasteiger partial charge >= 0.3 is 0 Å². The van der Waals surface area contributed by atoms with E-state index in [2.05, 4.69) is 12.1 Å². The van der Waals surface area contributed by atoms with E-state index in [-0.39, 0.29) is 12.0 Å². The lowest BCUT2D eigenvalue weighted by atomic mass is 10.0. The molecule has 0 radical (unpaired) electrons. The van der Waals surface area contributed by atoms with Gasteiger partial charge in [0.25, 0.3) is 5.91 Å². The number of aromatic nitrogens is 1. The average molecular weight is 475 g/mol. The summed E-state index contributed by atoms with van der Waals surface area (Å²) in [5, 5.41) is 0.602. The third kappa shape index (κ3) is 4.36. The Balaban J connectivity index is 1.52. The molecule has 0 saturated carbocycles. The molecule has 1 aliphatic heterocycles. The van der Waals surface area contributed by atoms with Crippen LogP contribution in [0.2, 0.25) is 0 Å². The monoisotopic (exact) mass is 474 g/mol. The molecular weight excluding hydrogens is 448 g/mol. The number of carbonyl (C=O) groups excluding carboxylic acids is 1. The zero-order chi connectivity index (χ0) is 23.5. The van der Waals surface area contributed by atoms with Gasteiger partial charge in [0.15, 0.2) is 5.13 Å². The molecule has 3 aromatic carbocycles. The number of nitrogens with zero attached hydrogens (tertiary/aromatic N) is 2. The largest absolute Gasteiger partial charge is 0.495 e. The van der Waals surface area contributed by atoms with Crippen molar-refractivity contribution in [2.75, 3.05) is 32.3 Å². The highest BCUT2D eigenvalue weighted by atomic mass is 32.1. The van der Waals surface area contributed by atoms with Crippen LogP contribution in [0.5, 0.6) is 11.5 Å².